The van der Waals surface area contributed by atoms with E-state index in [0.29, 0.717) is 36.1 Å². The Balaban J connectivity index is 0.000000421. The number of carbonyl (C=O) groups is 8. The maximum Gasteiger partial charge on any atom is 0.328 e. The van der Waals surface area contributed by atoms with Crippen LogP contribution in [0.3, 0.4) is 0 Å². The molecule has 0 spiro atoms. The lowest BCUT2D eigenvalue weighted by molar-refractivity contribution is -0.132. The van der Waals surface area contributed by atoms with E-state index in [4.69, 9.17) is 14.6 Å². The minimum atomic E-state index is -1.24. The monoisotopic (exact) mass is 1110 g/mol. The molecule has 2 aromatic rings. The van der Waals surface area contributed by atoms with E-state index in [2.05, 4.69) is 29.2 Å². The first-order valence-electron chi connectivity index (χ1n) is 29.9. The Labute approximate surface area is 476 Å². The van der Waals surface area contributed by atoms with Crippen LogP contribution in [0.1, 0.15) is 219 Å². The van der Waals surface area contributed by atoms with Gasteiger partial charge in [0.2, 0.25) is 5.91 Å². The first-order valence-corrected chi connectivity index (χ1v) is 29.9. The number of rotatable bonds is 45. The second kappa shape index (κ2) is 43.0. The number of hydrogen-bond acceptors (Lipinski definition) is 11. The van der Waals surface area contributed by atoms with E-state index < -0.39 is 41.4 Å². The summed E-state index contributed by atoms with van der Waals surface area (Å²) in [5.41, 5.74) is 1.19. The average molecular weight is 1110 g/mol. The summed E-state index contributed by atoms with van der Waals surface area (Å²) >= 11 is 0. The number of anilines is 4. The highest BCUT2D eigenvalue weighted by atomic mass is 16.5. The molecule has 6 amide bonds. The highest BCUT2D eigenvalue weighted by Crippen LogP contribution is 2.33. The van der Waals surface area contributed by atoms with Gasteiger partial charge in [-0.1, -0.05) is 206 Å². The minimum Gasteiger partial charge on any atom is -0.493 e. The van der Waals surface area contributed by atoms with E-state index >= 15 is 0 Å². The third-order valence-corrected chi connectivity index (χ3v) is 13.7. The number of imide groups is 2. The van der Waals surface area contributed by atoms with Crippen LogP contribution in [-0.4, -0.2) is 66.2 Å². The van der Waals surface area contributed by atoms with Gasteiger partial charge in [0.15, 0.2) is 0 Å². The van der Waals surface area contributed by atoms with Crippen molar-refractivity contribution in [3.05, 3.63) is 85.2 Å². The Morgan fingerprint density at radius 3 is 1.06 bits per heavy atom. The lowest BCUT2D eigenvalue weighted by Crippen LogP contribution is -2.32. The van der Waals surface area contributed by atoms with Crippen LogP contribution in [0.4, 0.5) is 22.7 Å². The molecule has 16 heteroatoms. The summed E-state index contributed by atoms with van der Waals surface area (Å²) in [4.78, 5) is 95.7. The molecule has 0 saturated heterocycles. The Hall–Kier alpha value is -6.84. The van der Waals surface area contributed by atoms with Crippen molar-refractivity contribution in [1.29, 1.82) is 0 Å². The number of nitrogens with one attached hydrogen (secondary N) is 2. The number of carbonyl (C=O) groups excluding carboxylic acids is 7. The SMILES string of the molecule is CCCCCCCCCCCCCCCCCCOc1cc(N2C(=O)C=CC2=O)cc(N2C(=O)C=CC2=O)c1.CCCCCCCCCCCCCCCCCCOc1cc(NC(=O)/C=C\OC=O)cc(NC(=O)/C=C\C(=O)O)c1. The zero-order valence-corrected chi connectivity index (χ0v) is 48.0. The number of hydrogen-bond donors (Lipinski definition) is 3. The number of amides is 6. The van der Waals surface area contributed by atoms with Gasteiger partial charge in [-0.3, -0.25) is 33.6 Å². The van der Waals surface area contributed by atoms with Crippen molar-refractivity contribution >= 4 is 70.6 Å². The molecular weight excluding hydrogens is 1020 g/mol. The van der Waals surface area contributed by atoms with Crippen LogP contribution in [0.15, 0.2) is 85.2 Å². The fourth-order valence-corrected chi connectivity index (χ4v) is 9.37. The zero-order valence-electron chi connectivity index (χ0n) is 48.0. The summed E-state index contributed by atoms with van der Waals surface area (Å²) in [5.74, 6) is -3.48. The molecule has 0 fully saturated rings. The van der Waals surface area contributed by atoms with Gasteiger partial charge in [0, 0.05) is 78.2 Å². The molecule has 80 heavy (non-hydrogen) atoms. The standard InChI is InChI=1S/C32H48N2O7.C32H44N2O5/c1-2-3-4-5-6-7-8-9-10-11-12-13-14-15-16-17-21-41-29-24-27(33-30(36)18-19-32(38)39)23-28(25-29)34-31(37)20-22-40-26-35;1-2-3-4-5-6-7-8-9-10-11-12-13-14-15-16-17-22-39-28-24-26(33-29(35)18-19-30(33)36)23-27(25-28)34-31(37)20-21-32(34)38/h18-20,22-26H,2-17,21H2,1H3,(H,33,36)(H,34,37)(H,38,39);18-21,23-25H,2-17,22H2,1H3/b19-18-,22-20-;. The molecule has 0 bridgehead atoms. The largest absolute Gasteiger partial charge is 0.493 e. The van der Waals surface area contributed by atoms with E-state index in [1.165, 1.54) is 203 Å². The summed E-state index contributed by atoms with van der Waals surface area (Å²) in [5, 5.41) is 13.9. The van der Waals surface area contributed by atoms with E-state index in [1.54, 1.807) is 24.3 Å². The summed E-state index contributed by atoms with van der Waals surface area (Å²) < 4.78 is 16.2. The quantitative estimate of drug-likeness (QED) is 0.0186. The van der Waals surface area contributed by atoms with E-state index in [1.807, 2.05) is 0 Å². The van der Waals surface area contributed by atoms with E-state index in [9.17, 15) is 38.4 Å². The van der Waals surface area contributed by atoms with Crippen molar-refractivity contribution in [3.8, 4) is 11.5 Å². The van der Waals surface area contributed by atoms with Crippen molar-refractivity contribution < 1.29 is 57.7 Å². The number of carboxylic acids is 1. The molecule has 2 heterocycles. The molecule has 440 valence electrons. The Kier molecular flexibility index (Phi) is 36.3. The maximum absolute atomic E-state index is 12.2. The highest BCUT2D eigenvalue weighted by Gasteiger charge is 2.30. The van der Waals surface area contributed by atoms with Crippen LogP contribution in [0.25, 0.3) is 0 Å². The Morgan fingerprint density at radius 1 is 0.425 bits per heavy atom. The van der Waals surface area contributed by atoms with E-state index in [0.717, 1.165) is 72.8 Å². The molecule has 0 aromatic heterocycles. The lowest BCUT2D eigenvalue weighted by Gasteiger charge is -2.20. The number of benzene rings is 2. The fourth-order valence-electron chi connectivity index (χ4n) is 9.37. The Morgan fingerprint density at radius 2 is 0.738 bits per heavy atom. The second-order valence-corrected chi connectivity index (χ2v) is 20.6. The molecule has 16 nitrogen and oxygen atoms in total. The van der Waals surface area contributed by atoms with Gasteiger partial charge in [-0.2, -0.15) is 0 Å². The summed E-state index contributed by atoms with van der Waals surface area (Å²) in [6.07, 6.45) is 49.7. The van der Waals surface area contributed by atoms with Gasteiger partial charge in [-0.05, 0) is 25.0 Å². The molecule has 0 saturated carbocycles. The smallest absolute Gasteiger partial charge is 0.328 e. The van der Waals surface area contributed by atoms with Gasteiger partial charge < -0.3 is 30.0 Å². The maximum atomic E-state index is 12.2. The molecule has 2 aromatic carbocycles. The molecule has 2 aliphatic heterocycles. The average Bonchev–Trinajstić information content (AvgIpc) is 3.98. The number of nitrogens with zero attached hydrogens (tertiary/aromatic N) is 2. The minimum absolute atomic E-state index is 0.190. The van der Waals surface area contributed by atoms with Crippen molar-refractivity contribution in [2.75, 3.05) is 33.6 Å². The number of carboxylic acid groups (broad SMARTS) is 1. The number of unbranched alkanes of at least 4 members (excludes halogenated alkanes) is 30. The predicted octanol–water partition coefficient (Wildman–Crippen LogP) is 14.7. The number of aliphatic carboxylic acids is 1. The first kappa shape index (κ1) is 67.4. The van der Waals surface area contributed by atoms with Crippen LogP contribution in [-0.2, 0) is 43.1 Å². The highest BCUT2D eigenvalue weighted by molar-refractivity contribution is 6.30. The van der Waals surface area contributed by atoms with Gasteiger partial charge in [0.1, 0.15) is 11.5 Å². The van der Waals surface area contributed by atoms with Crippen LogP contribution >= 0.6 is 0 Å². The molecular formula is C64H92N4O12. The van der Waals surface area contributed by atoms with Crippen molar-refractivity contribution in [3.63, 3.8) is 0 Å². The zero-order chi connectivity index (χ0) is 57.8. The molecule has 0 radical (unpaired) electrons. The van der Waals surface area contributed by atoms with Gasteiger partial charge in [0.25, 0.3) is 36.0 Å². The van der Waals surface area contributed by atoms with Gasteiger partial charge in [0.05, 0.1) is 30.9 Å². The predicted molar refractivity (Wildman–Crippen MR) is 317 cm³/mol. The third kappa shape index (κ3) is 30.5. The van der Waals surface area contributed by atoms with Crippen molar-refractivity contribution in [2.24, 2.45) is 0 Å². The number of ether oxygens (including phenoxy) is 3. The molecule has 0 unspecified atom stereocenters. The molecule has 4 rings (SSSR count). The van der Waals surface area contributed by atoms with Crippen LogP contribution in [0.5, 0.6) is 11.5 Å². The Bertz CT molecular complexity index is 2230. The topological polar surface area (TPSA) is 215 Å². The van der Waals surface area contributed by atoms with Gasteiger partial charge >= 0.3 is 5.97 Å². The third-order valence-electron chi connectivity index (χ3n) is 13.7. The summed E-state index contributed by atoms with van der Waals surface area (Å²) in [6.45, 7) is 5.67. The van der Waals surface area contributed by atoms with E-state index in [-0.39, 0.29) is 17.8 Å². The lowest BCUT2D eigenvalue weighted by atomic mass is 10.0. The molecule has 2 aliphatic rings. The van der Waals surface area contributed by atoms with Crippen molar-refractivity contribution in [1.82, 2.24) is 0 Å². The fraction of sp³-hybridized carbons (Fsp3) is 0.562. The normalized spacial score (nSPS) is 12.9. The van der Waals surface area contributed by atoms with Crippen molar-refractivity contribution in [2.45, 2.75) is 219 Å². The molecule has 3 N–H and O–H groups in total. The first-order chi connectivity index (χ1) is 38.9. The second-order valence-electron chi connectivity index (χ2n) is 20.6. The van der Waals surface area contributed by atoms with Crippen LogP contribution < -0.4 is 29.9 Å². The summed E-state index contributed by atoms with van der Waals surface area (Å²) in [7, 11) is 0. The van der Waals surface area contributed by atoms with Gasteiger partial charge in [-0.25, -0.2) is 14.6 Å². The molecule has 0 aliphatic carbocycles. The summed E-state index contributed by atoms with van der Waals surface area (Å²) in [6, 6.07) is 9.38. The van der Waals surface area contributed by atoms with Crippen LogP contribution in [0.2, 0.25) is 0 Å². The van der Waals surface area contributed by atoms with Gasteiger partial charge in [-0.15, -0.1) is 0 Å². The van der Waals surface area contributed by atoms with Crippen LogP contribution in [0, 0.1) is 0 Å². The molecule has 0 atom stereocenters.